The Kier molecular flexibility index (Phi) is 5.60. The molecule has 104 valence electrons. The molecule has 2 rings (SSSR count). The lowest BCUT2D eigenvalue weighted by atomic mass is 10.1. The highest BCUT2D eigenvalue weighted by molar-refractivity contribution is 7.21. The predicted molar refractivity (Wildman–Crippen MR) is 77.1 cm³/mol. The Morgan fingerprint density at radius 2 is 1.68 bits per heavy atom. The number of carbonyl (C=O) groups is 1. The first-order valence-electron chi connectivity index (χ1n) is 6.32. The average Bonchev–Trinajstić information content (AvgIpc) is 2.74. The van der Waals surface area contributed by atoms with Gasteiger partial charge < -0.3 is 0 Å². The van der Waals surface area contributed by atoms with Crippen molar-refractivity contribution in [1.29, 1.82) is 0 Å². The molecule has 0 aliphatic carbocycles. The van der Waals surface area contributed by atoms with Gasteiger partial charge in [0.25, 0.3) is 0 Å². The van der Waals surface area contributed by atoms with Gasteiger partial charge in [0.2, 0.25) is 0 Å². The third-order valence-corrected chi connectivity index (χ3v) is 4.20. The van der Waals surface area contributed by atoms with Crippen molar-refractivity contribution in [3.8, 4) is 0 Å². The molecule has 1 aromatic carbocycles. The first kappa shape index (κ1) is 15.8. The Labute approximate surface area is 116 Å². The van der Waals surface area contributed by atoms with Crippen molar-refractivity contribution in [3.05, 3.63) is 34.2 Å². The summed E-state index contributed by atoms with van der Waals surface area (Å²) in [7, 11) is 0. The summed E-state index contributed by atoms with van der Waals surface area (Å²) in [5.41, 5.74) is 0.527. The Morgan fingerprint density at radius 1 is 1.16 bits per heavy atom. The summed E-state index contributed by atoms with van der Waals surface area (Å²) in [5, 5.41) is 0.227. The first-order chi connectivity index (χ1) is 8.93. The first-order valence-corrected chi connectivity index (χ1v) is 7.13. The van der Waals surface area contributed by atoms with Crippen LogP contribution in [0.1, 0.15) is 48.8 Å². The van der Waals surface area contributed by atoms with Crippen LogP contribution in [-0.4, -0.2) is 5.78 Å². The van der Waals surface area contributed by atoms with E-state index in [1.165, 1.54) is 19.8 Å². The molecule has 0 bridgehead atoms. The normalized spacial score (nSPS) is 10.2. The standard InChI is InChI=1S/C11H8F2OS.C4H10/c1-5-9-7(12)3-4-8(13)11(9)15-10(5)6(2)14;1-3-4-2/h3-4H,1-2H3;3-4H2,1-2H3. The minimum Gasteiger partial charge on any atom is -0.294 e. The van der Waals surface area contributed by atoms with Gasteiger partial charge in [-0.25, -0.2) is 8.78 Å². The Hall–Kier alpha value is -1.29. The fourth-order valence-electron chi connectivity index (χ4n) is 1.61. The highest BCUT2D eigenvalue weighted by Crippen LogP contribution is 2.34. The minimum absolute atomic E-state index is 0.160. The maximum absolute atomic E-state index is 13.4. The van der Waals surface area contributed by atoms with Crippen LogP contribution in [0.3, 0.4) is 0 Å². The van der Waals surface area contributed by atoms with E-state index < -0.39 is 11.6 Å². The topological polar surface area (TPSA) is 17.1 Å². The molecular formula is C15H18F2OS. The van der Waals surface area contributed by atoms with E-state index in [1.54, 1.807) is 6.92 Å². The number of thiophene rings is 1. The fourth-order valence-corrected chi connectivity index (χ4v) is 2.73. The number of benzene rings is 1. The molecule has 0 unspecified atom stereocenters. The highest BCUT2D eigenvalue weighted by Gasteiger charge is 2.17. The maximum Gasteiger partial charge on any atom is 0.170 e. The van der Waals surface area contributed by atoms with Crippen LogP contribution in [0.25, 0.3) is 10.1 Å². The summed E-state index contributed by atoms with van der Waals surface area (Å²) in [6.07, 6.45) is 2.64. The molecule has 2 aromatic rings. The molecule has 0 aliphatic heterocycles. The lowest BCUT2D eigenvalue weighted by Crippen LogP contribution is -1.89. The van der Waals surface area contributed by atoms with Crippen LogP contribution in [-0.2, 0) is 0 Å². The van der Waals surface area contributed by atoms with Crippen LogP contribution in [0.2, 0.25) is 0 Å². The van der Waals surface area contributed by atoms with Crippen LogP contribution in [0, 0.1) is 18.6 Å². The lowest BCUT2D eigenvalue weighted by Gasteiger charge is -1.95. The molecule has 1 nitrogen and oxygen atoms in total. The van der Waals surface area contributed by atoms with Crippen LogP contribution in [0.15, 0.2) is 12.1 Å². The molecule has 1 aromatic heterocycles. The van der Waals surface area contributed by atoms with Gasteiger partial charge in [0, 0.05) is 5.39 Å². The summed E-state index contributed by atoms with van der Waals surface area (Å²) in [6.45, 7) is 7.39. The van der Waals surface area contributed by atoms with E-state index in [0.717, 1.165) is 23.5 Å². The Balaban J connectivity index is 0.000000399. The van der Waals surface area contributed by atoms with Crippen molar-refractivity contribution in [1.82, 2.24) is 0 Å². The molecule has 0 atom stereocenters. The second-order valence-corrected chi connectivity index (χ2v) is 5.37. The second-order valence-electron chi connectivity index (χ2n) is 4.35. The number of Topliss-reactive ketones (excluding diaryl/α,β-unsaturated/α-hetero) is 1. The molecule has 0 saturated heterocycles. The van der Waals surface area contributed by atoms with Crippen LogP contribution < -0.4 is 0 Å². The van der Waals surface area contributed by atoms with E-state index in [2.05, 4.69) is 13.8 Å². The summed E-state index contributed by atoms with van der Waals surface area (Å²) < 4.78 is 27.0. The van der Waals surface area contributed by atoms with Crippen molar-refractivity contribution >= 4 is 27.2 Å². The number of ketones is 1. The van der Waals surface area contributed by atoms with E-state index in [9.17, 15) is 13.6 Å². The fraction of sp³-hybridized carbons (Fsp3) is 0.400. The second kappa shape index (κ2) is 6.75. The monoisotopic (exact) mass is 284 g/mol. The number of carbonyl (C=O) groups excluding carboxylic acids is 1. The van der Waals surface area contributed by atoms with Gasteiger partial charge in [0.1, 0.15) is 11.6 Å². The summed E-state index contributed by atoms with van der Waals surface area (Å²) >= 11 is 1.01. The van der Waals surface area contributed by atoms with Gasteiger partial charge in [-0.05, 0) is 31.5 Å². The van der Waals surface area contributed by atoms with Gasteiger partial charge >= 0.3 is 0 Å². The number of rotatable bonds is 2. The highest BCUT2D eigenvalue weighted by atomic mass is 32.1. The molecule has 4 heteroatoms. The molecule has 0 amide bonds. The number of halogens is 2. The van der Waals surface area contributed by atoms with Gasteiger partial charge in [-0.2, -0.15) is 0 Å². The van der Waals surface area contributed by atoms with E-state index >= 15 is 0 Å². The van der Waals surface area contributed by atoms with Gasteiger partial charge in [-0.15, -0.1) is 11.3 Å². The van der Waals surface area contributed by atoms with E-state index in [4.69, 9.17) is 0 Å². The third-order valence-electron chi connectivity index (χ3n) is 2.80. The van der Waals surface area contributed by atoms with Gasteiger partial charge in [0.15, 0.2) is 5.78 Å². The van der Waals surface area contributed by atoms with Crippen molar-refractivity contribution in [3.63, 3.8) is 0 Å². The summed E-state index contributed by atoms with van der Waals surface area (Å²) in [5.74, 6) is -1.12. The van der Waals surface area contributed by atoms with Crippen LogP contribution >= 0.6 is 11.3 Å². The molecule has 0 radical (unpaired) electrons. The van der Waals surface area contributed by atoms with E-state index in [1.807, 2.05) is 0 Å². The van der Waals surface area contributed by atoms with Crippen molar-refractivity contribution < 1.29 is 13.6 Å². The third kappa shape index (κ3) is 3.38. The smallest absolute Gasteiger partial charge is 0.170 e. The average molecular weight is 284 g/mol. The Morgan fingerprint density at radius 3 is 2.11 bits per heavy atom. The van der Waals surface area contributed by atoms with Gasteiger partial charge in [-0.1, -0.05) is 26.7 Å². The lowest BCUT2D eigenvalue weighted by molar-refractivity contribution is 0.102. The van der Waals surface area contributed by atoms with Crippen molar-refractivity contribution in [2.24, 2.45) is 0 Å². The van der Waals surface area contributed by atoms with Crippen molar-refractivity contribution in [2.45, 2.75) is 40.5 Å². The number of unbranched alkanes of at least 4 members (excludes halogenated alkanes) is 1. The van der Waals surface area contributed by atoms with Crippen molar-refractivity contribution in [2.75, 3.05) is 0 Å². The van der Waals surface area contributed by atoms with Gasteiger partial charge in [0.05, 0.1) is 9.58 Å². The molecule has 1 heterocycles. The summed E-state index contributed by atoms with van der Waals surface area (Å²) in [4.78, 5) is 11.6. The van der Waals surface area contributed by atoms with Gasteiger partial charge in [-0.3, -0.25) is 4.79 Å². The maximum atomic E-state index is 13.4. The largest absolute Gasteiger partial charge is 0.294 e. The molecule has 0 spiro atoms. The predicted octanol–water partition coefficient (Wildman–Crippen LogP) is 5.50. The summed E-state index contributed by atoms with van der Waals surface area (Å²) in [6, 6.07) is 2.17. The molecule has 0 fully saturated rings. The molecule has 0 aliphatic rings. The minimum atomic E-state index is -0.480. The molecular weight excluding hydrogens is 266 g/mol. The number of aryl methyl sites for hydroxylation is 1. The van der Waals surface area contributed by atoms with Crippen LogP contribution in [0.4, 0.5) is 8.78 Å². The number of hydrogen-bond acceptors (Lipinski definition) is 2. The molecule has 0 N–H and O–H groups in total. The van der Waals surface area contributed by atoms with E-state index in [-0.39, 0.29) is 15.9 Å². The zero-order valence-corrected chi connectivity index (χ0v) is 12.5. The van der Waals surface area contributed by atoms with E-state index in [0.29, 0.717) is 10.4 Å². The molecule has 0 saturated carbocycles. The number of fused-ring (bicyclic) bond motifs is 1. The molecule has 19 heavy (non-hydrogen) atoms. The zero-order valence-electron chi connectivity index (χ0n) is 11.6. The zero-order chi connectivity index (χ0) is 14.6. The SMILES string of the molecule is CC(=O)c1sc2c(F)ccc(F)c2c1C.CCCC. The van der Waals surface area contributed by atoms with Crippen LogP contribution in [0.5, 0.6) is 0 Å². The Bertz CT molecular complexity index is 585. The quantitative estimate of drug-likeness (QED) is 0.666. The number of hydrogen-bond donors (Lipinski definition) is 0.